The van der Waals surface area contributed by atoms with Gasteiger partial charge in [-0.15, -0.1) is 0 Å². The number of halogens is 1. The summed E-state index contributed by atoms with van der Waals surface area (Å²) in [6.45, 7) is 0. The van der Waals surface area contributed by atoms with Gasteiger partial charge in [0.15, 0.2) is 0 Å². The molecule has 1 aromatic carbocycles. The minimum Gasteiger partial charge on any atom is -0.469 e. The molecule has 0 aromatic heterocycles. The summed E-state index contributed by atoms with van der Waals surface area (Å²) >= 11 is 0. The van der Waals surface area contributed by atoms with Gasteiger partial charge in [-0.3, -0.25) is 14.9 Å². The second-order valence-corrected chi connectivity index (χ2v) is 5.17. The Labute approximate surface area is 121 Å². The number of rotatable bonds is 4. The van der Waals surface area contributed by atoms with E-state index in [2.05, 4.69) is 5.32 Å². The summed E-state index contributed by atoms with van der Waals surface area (Å²) in [6.07, 6.45) is 2.87. The number of nitrogens with zero attached hydrogens (tertiary/aromatic N) is 1. The SMILES string of the molecule is COC(=O)C1CCC(Nc2cc(F)cc([N+](=O)[O-])c2)CC1. The number of ether oxygens (including phenoxy) is 1. The van der Waals surface area contributed by atoms with E-state index in [9.17, 15) is 19.3 Å². The fourth-order valence-corrected chi connectivity index (χ4v) is 2.64. The molecule has 0 amide bonds. The van der Waals surface area contributed by atoms with Gasteiger partial charge in [0.1, 0.15) is 5.82 Å². The summed E-state index contributed by atoms with van der Waals surface area (Å²) < 4.78 is 18.1. The Morgan fingerprint density at radius 3 is 2.57 bits per heavy atom. The van der Waals surface area contributed by atoms with Crippen LogP contribution in [0, 0.1) is 21.8 Å². The molecule has 114 valence electrons. The van der Waals surface area contributed by atoms with Crippen molar-refractivity contribution in [2.75, 3.05) is 12.4 Å². The van der Waals surface area contributed by atoms with Gasteiger partial charge in [-0.25, -0.2) is 4.39 Å². The molecule has 0 radical (unpaired) electrons. The molecule has 7 heteroatoms. The van der Waals surface area contributed by atoms with Gasteiger partial charge in [-0.1, -0.05) is 0 Å². The smallest absolute Gasteiger partial charge is 0.308 e. The zero-order valence-corrected chi connectivity index (χ0v) is 11.7. The van der Waals surface area contributed by atoms with Crippen molar-refractivity contribution in [1.29, 1.82) is 0 Å². The summed E-state index contributed by atoms with van der Waals surface area (Å²) in [5.74, 6) is -0.931. The maximum absolute atomic E-state index is 13.4. The van der Waals surface area contributed by atoms with Crippen LogP contribution in [0.3, 0.4) is 0 Å². The summed E-state index contributed by atoms with van der Waals surface area (Å²) in [4.78, 5) is 21.5. The van der Waals surface area contributed by atoms with Crippen LogP contribution in [0.15, 0.2) is 18.2 Å². The second-order valence-electron chi connectivity index (χ2n) is 5.17. The van der Waals surface area contributed by atoms with Crippen molar-refractivity contribution in [2.24, 2.45) is 5.92 Å². The summed E-state index contributed by atoms with van der Waals surface area (Å²) in [5, 5.41) is 13.8. The number of carbonyl (C=O) groups excluding carboxylic acids is 1. The van der Waals surface area contributed by atoms with Gasteiger partial charge in [0.2, 0.25) is 0 Å². The standard InChI is InChI=1S/C14H17FN2O4/c1-21-14(18)9-2-4-11(5-3-9)16-12-6-10(15)7-13(8-12)17(19)20/h6-9,11,16H,2-5H2,1H3. The molecule has 1 saturated carbocycles. The number of esters is 1. The molecule has 1 aliphatic rings. The van der Waals surface area contributed by atoms with E-state index < -0.39 is 10.7 Å². The highest BCUT2D eigenvalue weighted by atomic mass is 19.1. The van der Waals surface area contributed by atoms with Crippen molar-refractivity contribution in [1.82, 2.24) is 0 Å². The maximum Gasteiger partial charge on any atom is 0.308 e. The molecule has 0 saturated heterocycles. The lowest BCUT2D eigenvalue weighted by molar-refractivity contribution is -0.385. The number of anilines is 1. The summed E-state index contributed by atoms with van der Waals surface area (Å²) in [7, 11) is 1.37. The highest BCUT2D eigenvalue weighted by Crippen LogP contribution is 2.28. The lowest BCUT2D eigenvalue weighted by Crippen LogP contribution is -2.29. The first-order chi connectivity index (χ1) is 9.99. The Bertz CT molecular complexity index is 542. The fraction of sp³-hybridized carbons (Fsp3) is 0.500. The third-order valence-electron chi connectivity index (χ3n) is 3.73. The number of carbonyl (C=O) groups is 1. The third-order valence-corrected chi connectivity index (χ3v) is 3.73. The highest BCUT2D eigenvalue weighted by molar-refractivity contribution is 5.72. The Morgan fingerprint density at radius 1 is 1.33 bits per heavy atom. The van der Waals surface area contributed by atoms with Gasteiger partial charge in [0.25, 0.3) is 5.69 Å². The van der Waals surface area contributed by atoms with Crippen LogP contribution in [0.2, 0.25) is 0 Å². The molecule has 0 bridgehead atoms. The zero-order chi connectivity index (χ0) is 15.4. The zero-order valence-electron chi connectivity index (χ0n) is 11.7. The van der Waals surface area contributed by atoms with Crippen LogP contribution < -0.4 is 5.32 Å². The molecule has 1 N–H and O–H groups in total. The maximum atomic E-state index is 13.4. The monoisotopic (exact) mass is 296 g/mol. The predicted molar refractivity (Wildman–Crippen MR) is 74.4 cm³/mol. The van der Waals surface area contributed by atoms with Crippen molar-refractivity contribution in [3.8, 4) is 0 Å². The lowest BCUT2D eigenvalue weighted by atomic mass is 9.86. The van der Waals surface area contributed by atoms with Crippen LogP contribution in [-0.2, 0) is 9.53 Å². The van der Waals surface area contributed by atoms with Crippen molar-refractivity contribution in [3.05, 3.63) is 34.1 Å². The lowest BCUT2D eigenvalue weighted by Gasteiger charge is -2.28. The molecular weight excluding hydrogens is 279 g/mol. The van der Waals surface area contributed by atoms with Gasteiger partial charge < -0.3 is 10.1 Å². The molecule has 0 unspecified atom stereocenters. The number of nitrogens with one attached hydrogen (secondary N) is 1. The van der Waals surface area contributed by atoms with E-state index in [1.54, 1.807) is 0 Å². The van der Waals surface area contributed by atoms with E-state index in [0.29, 0.717) is 18.5 Å². The van der Waals surface area contributed by atoms with Crippen molar-refractivity contribution in [3.63, 3.8) is 0 Å². The largest absolute Gasteiger partial charge is 0.469 e. The first-order valence-electron chi connectivity index (χ1n) is 6.79. The van der Waals surface area contributed by atoms with E-state index in [4.69, 9.17) is 4.74 Å². The molecule has 21 heavy (non-hydrogen) atoms. The molecule has 6 nitrogen and oxygen atoms in total. The second kappa shape index (κ2) is 6.51. The minimum atomic E-state index is -0.644. The number of hydrogen-bond donors (Lipinski definition) is 1. The Balaban J connectivity index is 1.97. The number of benzene rings is 1. The average molecular weight is 296 g/mol. The van der Waals surface area contributed by atoms with Crippen LogP contribution >= 0.6 is 0 Å². The van der Waals surface area contributed by atoms with Crippen molar-refractivity contribution >= 4 is 17.3 Å². The minimum absolute atomic E-state index is 0.0762. The predicted octanol–water partition coefficient (Wildman–Crippen LogP) is 2.88. The highest BCUT2D eigenvalue weighted by Gasteiger charge is 2.27. The van der Waals surface area contributed by atoms with E-state index in [0.717, 1.165) is 18.9 Å². The Hall–Kier alpha value is -2.18. The van der Waals surface area contributed by atoms with Gasteiger partial charge in [-0.05, 0) is 31.7 Å². The third kappa shape index (κ3) is 3.90. The van der Waals surface area contributed by atoms with Crippen molar-refractivity contribution < 1.29 is 18.8 Å². The number of nitro groups is 1. The molecule has 1 fully saturated rings. The van der Waals surface area contributed by atoms with Gasteiger partial charge >= 0.3 is 5.97 Å². The molecule has 0 spiro atoms. The Morgan fingerprint density at radius 2 is 2.00 bits per heavy atom. The van der Waals surface area contributed by atoms with Gasteiger partial charge in [0.05, 0.1) is 24.0 Å². The number of non-ortho nitro benzene ring substituents is 1. The number of nitro benzene ring substituents is 1. The molecule has 0 aliphatic heterocycles. The number of methoxy groups -OCH3 is 1. The van der Waals surface area contributed by atoms with Crippen molar-refractivity contribution in [2.45, 2.75) is 31.7 Å². The summed E-state index contributed by atoms with van der Waals surface area (Å²) in [6, 6.07) is 3.51. The van der Waals surface area contributed by atoms with Crippen LogP contribution in [0.25, 0.3) is 0 Å². The quantitative estimate of drug-likeness (QED) is 0.525. The molecular formula is C14H17FN2O4. The van der Waals surface area contributed by atoms with Gasteiger partial charge in [0, 0.05) is 17.8 Å². The van der Waals surface area contributed by atoms with Crippen LogP contribution in [0.4, 0.5) is 15.8 Å². The molecule has 1 aromatic rings. The summed E-state index contributed by atoms with van der Waals surface area (Å²) in [5.41, 5.74) is 0.115. The topological polar surface area (TPSA) is 81.5 Å². The first kappa shape index (κ1) is 15.2. The first-order valence-corrected chi connectivity index (χ1v) is 6.79. The normalized spacial score (nSPS) is 21.6. The molecule has 1 aliphatic carbocycles. The fourth-order valence-electron chi connectivity index (χ4n) is 2.64. The molecule has 0 atom stereocenters. The average Bonchev–Trinajstić information content (AvgIpc) is 2.46. The van der Waals surface area contributed by atoms with Crippen LogP contribution in [-0.4, -0.2) is 24.0 Å². The van der Waals surface area contributed by atoms with E-state index in [1.165, 1.54) is 19.2 Å². The van der Waals surface area contributed by atoms with Gasteiger partial charge in [-0.2, -0.15) is 0 Å². The molecule has 0 heterocycles. The van der Waals surface area contributed by atoms with E-state index in [-0.39, 0.29) is 23.6 Å². The van der Waals surface area contributed by atoms with E-state index in [1.807, 2.05) is 0 Å². The Kier molecular flexibility index (Phi) is 4.72. The van der Waals surface area contributed by atoms with E-state index >= 15 is 0 Å². The molecule has 2 rings (SSSR count). The van der Waals surface area contributed by atoms with Crippen LogP contribution in [0.5, 0.6) is 0 Å². The van der Waals surface area contributed by atoms with Crippen LogP contribution in [0.1, 0.15) is 25.7 Å². The number of hydrogen-bond acceptors (Lipinski definition) is 5.